The third kappa shape index (κ3) is 4.05. The van der Waals surface area contributed by atoms with Gasteiger partial charge in [-0.3, -0.25) is 4.90 Å². The predicted molar refractivity (Wildman–Crippen MR) is 103 cm³/mol. The van der Waals surface area contributed by atoms with Gasteiger partial charge in [-0.1, -0.05) is 37.3 Å². The summed E-state index contributed by atoms with van der Waals surface area (Å²) < 4.78 is 5.51. The van der Waals surface area contributed by atoms with E-state index >= 15 is 0 Å². The van der Waals surface area contributed by atoms with Gasteiger partial charge >= 0.3 is 0 Å². The Kier molecular flexibility index (Phi) is 6.05. The largest absolute Gasteiger partial charge is 0.495 e. The Labute approximate surface area is 149 Å². The maximum absolute atomic E-state index is 5.51. The van der Waals surface area contributed by atoms with Gasteiger partial charge in [-0.15, -0.1) is 11.8 Å². The van der Waals surface area contributed by atoms with E-state index in [1.807, 2.05) is 23.9 Å². The standard InChI is InChI=1S/C20H26N2OS/c1-3-24-20-11-7-4-8-17(20)16-21-12-14-22(15-13-21)18-9-5-6-10-19(18)23-2/h4-11H,3,12-16H2,1-2H3. The van der Waals surface area contributed by atoms with E-state index in [2.05, 4.69) is 53.1 Å². The van der Waals surface area contributed by atoms with Gasteiger partial charge < -0.3 is 9.64 Å². The second-order valence-corrected chi connectivity index (χ2v) is 7.28. The highest BCUT2D eigenvalue weighted by atomic mass is 32.2. The molecule has 1 saturated heterocycles. The van der Waals surface area contributed by atoms with Gasteiger partial charge in [0.1, 0.15) is 5.75 Å². The average Bonchev–Trinajstić information content (AvgIpc) is 2.64. The van der Waals surface area contributed by atoms with Crippen molar-refractivity contribution in [3.63, 3.8) is 0 Å². The molecule has 0 aliphatic carbocycles. The first-order valence-corrected chi connectivity index (χ1v) is 9.61. The zero-order chi connectivity index (χ0) is 16.8. The minimum atomic E-state index is 0.968. The second-order valence-electron chi connectivity index (χ2n) is 5.98. The molecular formula is C20H26N2OS. The van der Waals surface area contributed by atoms with Gasteiger partial charge in [-0.05, 0) is 29.5 Å². The lowest BCUT2D eigenvalue weighted by Gasteiger charge is -2.36. The molecular weight excluding hydrogens is 316 g/mol. The van der Waals surface area contributed by atoms with Crippen molar-refractivity contribution < 1.29 is 4.74 Å². The summed E-state index contributed by atoms with van der Waals surface area (Å²) in [7, 11) is 1.75. The van der Waals surface area contributed by atoms with Crippen LogP contribution in [0.25, 0.3) is 0 Å². The van der Waals surface area contributed by atoms with Gasteiger partial charge in [-0.2, -0.15) is 0 Å². The molecule has 1 aliphatic heterocycles. The topological polar surface area (TPSA) is 15.7 Å². The van der Waals surface area contributed by atoms with Crippen molar-refractivity contribution in [3.05, 3.63) is 54.1 Å². The second kappa shape index (κ2) is 8.45. The quantitative estimate of drug-likeness (QED) is 0.733. The fourth-order valence-corrected chi connectivity index (χ4v) is 4.01. The number of ether oxygens (including phenoxy) is 1. The third-order valence-corrected chi connectivity index (χ3v) is 5.46. The van der Waals surface area contributed by atoms with Crippen LogP contribution in [0, 0.1) is 0 Å². The van der Waals surface area contributed by atoms with Gasteiger partial charge in [-0.25, -0.2) is 0 Å². The van der Waals surface area contributed by atoms with Crippen LogP contribution >= 0.6 is 11.8 Å². The van der Waals surface area contributed by atoms with Crippen LogP contribution in [0.3, 0.4) is 0 Å². The molecule has 4 heteroatoms. The molecule has 24 heavy (non-hydrogen) atoms. The molecule has 0 aromatic heterocycles. The van der Waals surface area contributed by atoms with E-state index in [1.165, 1.54) is 16.1 Å². The Balaban J connectivity index is 1.61. The molecule has 128 valence electrons. The number of rotatable bonds is 6. The predicted octanol–water partition coefficient (Wildman–Crippen LogP) is 4.13. The van der Waals surface area contributed by atoms with Crippen molar-refractivity contribution in [1.82, 2.24) is 4.90 Å². The van der Waals surface area contributed by atoms with E-state index in [1.54, 1.807) is 7.11 Å². The van der Waals surface area contributed by atoms with Gasteiger partial charge in [0.2, 0.25) is 0 Å². The number of para-hydroxylation sites is 2. The first-order chi connectivity index (χ1) is 11.8. The number of hydrogen-bond donors (Lipinski definition) is 0. The summed E-state index contributed by atoms with van der Waals surface area (Å²) in [6, 6.07) is 17.1. The van der Waals surface area contributed by atoms with Crippen LogP contribution < -0.4 is 9.64 Å². The molecule has 0 spiro atoms. The highest BCUT2D eigenvalue weighted by molar-refractivity contribution is 7.99. The molecule has 0 unspecified atom stereocenters. The number of piperazine rings is 1. The molecule has 0 bridgehead atoms. The average molecular weight is 343 g/mol. The van der Waals surface area contributed by atoms with Crippen molar-refractivity contribution in [1.29, 1.82) is 0 Å². The maximum atomic E-state index is 5.51. The molecule has 0 radical (unpaired) electrons. The van der Waals surface area contributed by atoms with E-state index in [-0.39, 0.29) is 0 Å². The highest BCUT2D eigenvalue weighted by Gasteiger charge is 2.20. The Morgan fingerprint density at radius 3 is 2.42 bits per heavy atom. The lowest BCUT2D eigenvalue weighted by atomic mass is 10.2. The normalized spacial score (nSPS) is 15.5. The third-order valence-electron chi connectivity index (χ3n) is 4.46. The van der Waals surface area contributed by atoms with E-state index in [0.29, 0.717) is 0 Å². The summed E-state index contributed by atoms with van der Waals surface area (Å²) in [6.07, 6.45) is 0. The first kappa shape index (κ1) is 17.2. The molecule has 3 nitrogen and oxygen atoms in total. The van der Waals surface area contributed by atoms with Gasteiger partial charge in [0.15, 0.2) is 0 Å². The Bertz CT molecular complexity index is 654. The minimum absolute atomic E-state index is 0.968. The summed E-state index contributed by atoms with van der Waals surface area (Å²) in [5, 5.41) is 0. The molecule has 2 aromatic rings. The van der Waals surface area contributed by atoms with Gasteiger partial charge in [0.25, 0.3) is 0 Å². The maximum Gasteiger partial charge on any atom is 0.142 e. The summed E-state index contributed by atoms with van der Waals surface area (Å²) in [4.78, 5) is 6.41. The number of nitrogens with zero attached hydrogens (tertiary/aromatic N) is 2. The molecule has 0 amide bonds. The van der Waals surface area contributed by atoms with Crippen LogP contribution in [0.5, 0.6) is 5.75 Å². The molecule has 3 rings (SSSR count). The lowest BCUT2D eigenvalue weighted by Crippen LogP contribution is -2.46. The highest BCUT2D eigenvalue weighted by Crippen LogP contribution is 2.29. The number of benzene rings is 2. The Morgan fingerprint density at radius 2 is 1.67 bits per heavy atom. The smallest absolute Gasteiger partial charge is 0.142 e. The summed E-state index contributed by atoms with van der Waals surface area (Å²) in [5.74, 6) is 2.09. The van der Waals surface area contributed by atoms with Crippen LogP contribution in [-0.2, 0) is 6.54 Å². The summed E-state index contributed by atoms with van der Waals surface area (Å²) in [6.45, 7) is 7.52. The van der Waals surface area contributed by atoms with E-state index in [9.17, 15) is 0 Å². The molecule has 1 fully saturated rings. The zero-order valence-electron chi connectivity index (χ0n) is 14.6. The Hall–Kier alpha value is -1.65. The monoisotopic (exact) mass is 342 g/mol. The van der Waals surface area contributed by atoms with Crippen molar-refractivity contribution in [3.8, 4) is 5.75 Å². The van der Waals surface area contributed by atoms with Crippen molar-refractivity contribution >= 4 is 17.4 Å². The lowest BCUT2D eigenvalue weighted by molar-refractivity contribution is 0.247. The minimum Gasteiger partial charge on any atom is -0.495 e. The van der Waals surface area contributed by atoms with Gasteiger partial charge in [0.05, 0.1) is 12.8 Å². The number of thioether (sulfide) groups is 1. The molecule has 0 saturated carbocycles. The van der Waals surface area contributed by atoms with Gasteiger partial charge in [0, 0.05) is 37.6 Å². The van der Waals surface area contributed by atoms with Crippen molar-refractivity contribution in [2.75, 3.05) is 43.9 Å². The molecule has 0 N–H and O–H groups in total. The van der Waals surface area contributed by atoms with Crippen LogP contribution in [0.15, 0.2) is 53.4 Å². The molecule has 1 heterocycles. The fourth-order valence-electron chi connectivity index (χ4n) is 3.21. The van der Waals surface area contributed by atoms with Crippen LogP contribution in [0.2, 0.25) is 0 Å². The van der Waals surface area contributed by atoms with E-state index in [0.717, 1.165) is 44.2 Å². The van der Waals surface area contributed by atoms with Crippen LogP contribution in [0.1, 0.15) is 12.5 Å². The number of anilines is 1. The summed E-state index contributed by atoms with van der Waals surface area (Å²) in [5.41, 5.74) is 2.66. The first-order valence-electron chi connectivity index (χ1n) is 8.63. The summed E-state index contributed by atoms with van der Waals surface area (Å²) >= 11 is 1.94. The zero-order valence-corrected chi connectivity index (χ0v) is 15.4. The number of hydrogen-bond acceptors (Lipinski definition) is 4. The number of methoxy groups -OCH3 is 1. The van der Waals surface area contributed by atoms with Crippen molar-refractivity contribution in [2.24, 2.45) is 0 Å². The molecule has 1 aliphatic rings. The Morgan fingerprint density at radius 1 is 0.958 bits per heavy atom. The fraction of sp³-hybridized carbons (Fsp3) is 0.400. The van der Waals surface area contributed by atoms with Crippen LogP contribution in [-0.4, -0.2) is 43.9 Å². The SMILES string of the molecule is CCSc1ccccc1CN1CCN(c2ccccc2OC)CC1. The molecule has 0 atom stereocenters. The molecule has 2 aromatic carbocycles. The van der Waals surface area contributed by atoms with Crippen molar-refractivity contribution in [2.45, 2.75) is 18.4 Å². The van der Waals surface area contributed by atoms with E-state index < -0.39 is 0 Å². The van der Waals surface area contributed by atoms with E-state index in [4.69, 9.17) is 4.74 Å². The van der Waals surface area contributed by atoms with Crippen LogP contribution in [0.4, 0.5) is 5.69 Å².